The van der Waals surface area contributed by atoms with E-state index < -0.39 is 0 Å². The number of thiophene rings is 1. The Kier molecular flexibility index (Phi) is 3.34. The SMILES string of the molecule is Cc1sc2ncnc(N(CC3CCCN3)C3CC3)c2c1C. The largest absolute Gasteiger partial charge is 0.351 e. The maximum Gasteiger partial charge on any atom is 0.141 e. The summed E-state index contributed by atoms with van der Waals surface area (Å²) in [4.78, 5) is 14.2. The minimum atomic E-state index is 0.621. The highest BCUT2D eigenvalue weighted by Gasteiger charge is 2.33. The Balaban J connectivity index is 1.74. The molecular formula is C16H22N4S. The van der Waals surface area contributed by atoms with Crippen molar-refractivity contribution in [3.05, 3.63) is 16.8 Å². The molecule has 1 saturated heterocycles. The average Bonchev–Trinajstić information content (AvgIpc) is 3.11. The molecule has 0 bridgehead atoms. The Morgan fingerprint density at radius 1 is 1.29 bits per heavy atom. The monoisotopic (exact) mass is 302 g/mol. The molecule has 0 aromatic carbocycles. The molecule has 1 N–H and O–H groups in total. The highest BCUT2D eigenvalue weighted by molar-refractivity contribution is 7.18. The summed E-state index contributed by atoms with van der Waals surface area (Å²) in [7, 11) is 0. The third-order valence-electron chi connectivity index (χ3n) is 4.78. The number of hydrogen-bond donors (Lipinski definition) is 1. The van der Waals surface area contributed by atoms with Crippen molar-refractivity contribution in [1.82, 2.24) is 15.3 Å². The van der Waals surface area contributed by atoms with Gasteiger partial charge in [0.25, 0.3) is 0 Å². The van der Waals surface area contributed by atoms with E-state index in [1.54, 1.807) is 17.7 Å². The molecule has 2 fully saturated rings. The number of fused-ring (bicyclic) bond motifs is 1. The molecule has 0 radical (unpaired) electrons. The summed E-state index contributed by atoms with van der Waals surface area (Å²) in [6, 6.07) is 1.31. The lowest BCUT2D eigenvalue weighted by Gasteiger charge is -2.27. The molecule has 3 heterocycles. The van der Waals surface area contributed by atoms with Gasteiger partial charge in [0.05, 0.1) is 5.39 Å². The Bertz CT molecular complexity index is 656. The zero-order valence-corrected chi connectivity index (χ0v) is 13.5. The zero-order chi connectivity index (χ0) is 14.4. The van der Waals surface area contributed by atoms with E-state index in [1.165, 1.54) is 48.1 Å². The van der Waals surface area contributed by atoms with Crippen LogP contribution < -0.4 is 10.2 Å². The molecule has 0 amide bonds. The predicted octanol–water partition coefficient (Wildman–Crippen LogP) is 3.03. The number of anilines is 1. The molecule has 2 aromatic heterocycles. The number of aromatic nitrogens is 2. The van der Waals surface area contributed by atoms with Crippen molar-refractivity contribution in [1.29, 1.82) is 0 Å². The van der Waals surface area contributed by atoms with E-state index in [9.17, 15) is 0 Å². The maximum atomic E-state index is 4.68. The molecule has 5 heteroatoms. The first-order valence-electron chi connectivity index (χ1n) is 7.95. The average molecular weight is 302 g/mol. The van der Waals surface area contributed by atoms with Crippen LogP contribution in [-0.4, -0.2) is 35.1 Å². The van der Waals surface area contributed by atoms with Crippen LogP contribution in [0.1, 0.15) is 36.1 Å². The van der Waals surface area contributed by atoms with Crippen molar-refractivity contribution in [2.75, 3.05) is 18.0 Å². The summed E-state index contributed by atoms with van der Waals surface area (Å²) in [5.41, 5.74) is 1.36. The summed E-state index contributed by atoms with van der Waals surface area (Å²) in [5, 5.41) is 4.91. The van der Waals surface area contributed by atoms with E-state index in [-0.39, 0.29) is 0 Å². The number of rotatable bonds is 4. The fraction of sp³-hybridized carbons (Fsp3) is 0.625. The third-order valence-corrected chi connectivity index (χ3v) is 5.90. The van der Waals surface area contributed by atoms with Gasteiger partial charge < -0.3 is 10.2 Å². The lowest BCUT2D eigenvalue weighted by molar-refractivity contribution is 0.576. The second-order valence-corrected chi connectivity index (χ2v) is 7.54. The fourth-order valence-corrected chi connectivity index (χ4v) is 4.32. The molecule has 0 spiro atoms. The number of nitrogens with one attached hydrogen (secondary N) is 1. The molecule has 2 aromatic rings. The van der Waals surface area contributed by atoms with Crippen molar-refractivity contribution in [3.8, 4) is 0 Å². The normalized spacial score (nSPS) is 22.1. The van der Waals surface area contributed by atoms with Crippen LogP contribution in [0.3, 0.4) is 0 Å². The van der Waals surface area contributed by atoms with Crippen LogP contribution in [0.5, 0.6) is 0 Å². The van der Waals surface area contributed by atoms with Crippen LogP contribution >= 0.6 is 11.3 Å². The van der Waals surface area contributed by atoms with E-state index in [2.05, 4.69) is 34.0 Å². The Morgan fingerprint density at radius 2 is 2.14 bits per heavy atom. The molecule has 112 valence electrons. The van der Waals surface area contributed by atoms with E-state index >= 15 is 0 Å². The van der Waals surface area contributed by atoms with Gasteiger partial charge in [-0.15, -0.1) is 11.3 Å². The van der Waals surface area contributed by atoms with Crippen LogP contribution in [-0.2, 0) is 0 Å². The van der Waals surface area contributed by atoms with Gasteiger partial charge in [0.1, 0.15) is 17.0 Å². The maximum absolute atomic E-state index is 4.68. The second kappa shape index (κ2) is 5.21. The molecule has 1 aliphatic carbocycles. The molecule has 1 atom stereocenters. The molecule has 4 nitrogen and oxygen atoms in total. The van der Waals surface area contributed by atoms with Gasteiger partial charge in [0.15, 0.2) is 0 Å². The van der Waals surface area contributed by atoms with Crippen molar-refractivity contribution in [2.24, 2.45) is 0 Å². The van der Waals surface area contributed by atoms with Crippen molar-refractivity contribution >= 4 is 27.4 Å². The van der Waals surface area contributed by atoms with Gasteiger partial charge >= 0.3 is 0 Å². The summed E-state index contributed by atoms with van der Waals surface area (Å²) in [6.45, 7) is 6.65. The molecule has 21 heavy (non-hydrogen) atoms. The molecule has 2 aliphatic rings. The second-order valence-electron chi connectivity index (χ2n) is 6.34. The predicted molar refractivity (Wildman–Crippen MR) is 88.3 cm³/mol. The molecular weight excluding hydrogens is 280 g/mol. The first-order valence-corrected chi connectivity index (χ1v) is 8.76. The van der Waals surface area contributed by atoms with Gasteiger partial charge in [0, 0.05) is 23.5 Å². The van der Waals surface area contributed by atoms with Gasteiger partial charge in [-0.3, -0.25) is 0 Å². The third kappa shape index (κ3) is 2.42. The molecule has 1 saturated carbocycles. The first kappa shape index (κ1) is 13.5. The standard InChI is InChI=1S/C16H22N4S/c1-10-11(2)21-16-14(10)15(18-9-19-16)20(13-5-6-13)8-12-4-3-7-17-12/h9,12-13,17H,3-8H2,1-2H3. The van der Waals surface area contributed by atoms with E-state index in [0.717, 1.165) is 17.2 Å². The quantitative estimate of drug-likeness (QED) is 0.942. The van der Waals surface area contributed by atoms with Crippen molar-refractivity contribution in [3.63, 3.8) is 0 Å². The minimum absolute atomic E-state index is 0.621. The van der Waals surface area contributed by atoms with E-state index in [1.807, 2.05) is 0 Å². The van der Waals surface area contributed by atoms with Crippen LogP contribution in [0, 0.1) is 13.8 Å². The van der Waals surface area contributed by atoms with Gasteiger partial charge in [-0.1, -0.05) is 0 Å². The van der Waals surface area contributed by atoms with Crippen molar-refractivity contribution in [2.45, 2.75) is 51.6 Å². The van der Waals surface area contributed by atoms with Crippen molar-refractivity contribution < 1.29 is 0 Å². The van der Waals surface area contributed by atoms with Gasteiger partial charge in [-0.2, -0.15) is 0 Å². The Morgan fingerprint density at radius 3 is 2.86 bits per heavy atom. The lowest BCUT2D eigenvalue weighted by Crippen LogP contribution is -2.39. The van der Waals surface area contributed by atoms with E-state index in [4.69, 9.17) is 0 Å². The summed E-state index contributed by atoms with van der Waals surface area (Å²) < 4.78 is 0. The highest BCUT2D eigenvalue weighted by Crippen LogP contribution is 2.39. The summed E-state index contributed by atoms with van der Waals surface area (Å²) >= 11 is 1.79. The topological polar surface area (TPSA) is 41.1 Å². The molecule has 1 unspecified atom stereocenters. The highest BCUT2D eigenvalue weighted by atomic mass is 32.1. The van der Waals surface area contributed by atoms with E-state index in [0.29, 0.717) is 12.1 Å². The smallest absolute Gasteiger partial charge is 0.141 e. The summed E-state index contributed by atoms with van der Waals surface area (Å²) in [6.07, 6.45) is 6.95. The van der Waals surface area contributed by atoms with Crippen LogP contribution in [0.15, 0.2) is 6.33 Å². The van der Waals surface area contributed by atoms with Gasteiger partial charge in [0.2, 0.25) is 0 Å². The zero-order valence-electron chi connectivity index (χ0n) is 12.7. The van der Waals surface area contributed by atoms with Gasteiger partial charge in [-0.05, 0) is 51.6 Å². The van der Waals surface area contributed by atoms with Gasteiger partial charge in [-0.25, -0.2) is 9.97 Å². The van der Waals surface area contributed by atoms with Crippen LogP contribution in [0.2, 0.25) is 0 Å². The van der Waals surface area contributed by atoms with Crippen LogP contribution in [0.4, 0.5) is 5.82 Å². The number of aryl methyl sites for hydroxylation is 2. The number of nitrogens with zero attached hydrogens (tertiary/aromatic N) is 3. The van der Waals surface area contributed by atoms with Crippen LogP contribution in [0.25, 0.3) is 10.2 Å². The number of hydrogen-bond acceptors (Lipinski definition) is 5. The minimum Gasteiger partial charge on any atom is -0.351 e. The fourth-order valence-electron chi connectivity index (χ4n) is 3.33. The molecule has 1 aliphatic heterocycles. The Labute approximate surface area is 129 Å². The summed E-state index contributed by atoms with van der Waals surface area (Å²) in [5.74, 6) is 1.16. The Hall–Kier alpha value is -1.20. The first-order chi connectivity index (χ1) is 10.2. The molecule has 4 rings (SSSR count). The lowest BCUT2D eigenvalue weighted by atomic mass is 10.1.